The van der Waals surface area contributed by atoms with Gasteiger partial charge in [0.1, 0.15) is 0 Å². The van der Waals surface area contributed by atoms with Crippen molar-refractivity contribution in [3.05, 3.63) is 17.7 Å². The number of carbonyl (C=O) groups excluding carboxylic acids is 2. The van der Waals surface area contributed by atoms with Crippen LogP contribution in [-0.2, 0) is 20.9 Å². The lowest BCUT2D eigenvalue weighted by Crippen LogP contribution is -2.23. The van der Waals surface area contributed by atoms with Crippen molar-refractivity contribution in [2.24, 2.45) is 0 Å². The summed E-state index contributed by atoms with van der Waals surface area (Å²) in [5.74, 6) is 0.836. The summed E-state index contributed by atoms with van der Waals surface area (Å²) in [6.45, 7) is 0.254. The maximum Gasteiger partial charge on any atom is 0.306 e. The van der Waals surface area contributed by atoms with E-state index >= 15 is 0 Å². The first kappa shape index (κ1) is 17.6. The van der Waals surface area contributed by atoms with E-state index in [9.17, 15) is 9.59 Å². The van der Waals surface area contributed by atoms with Crippen molar-refractivity contribution in [1.82, 2.24) is 5.32 Å². The van der Waals surface area contributed by atoms with Crippen LogP contribution in [0.2, 0.25) is 0 Å². The van der Waals surface area contributed by atoms with E-state index in [4.69, 9.17) is 14.2 Å². The van der Waals surface area contributed by atoms with E-state index < -0.39 is 5.97 Å². The first-order valence-electron chi connectivity index (χ1n) is 6.68. The van der Waals surface area contributed by atoms with E-state index in [0.29, 0.717) is 17.2 Å². The third-order valence-electron chi connectivity index (χ3n) is 3.05. The van der Waals surface area contributed by atoms with Gasteiger partial charge in [-0.15, -0.1) is 0 Å². The zero-order valence-electron chi connectivity index (χ0n) is 13.2. The number of nitrogens with one attached hydrogen (secondary N) is 1. The Morgan fingerprint density at radius 3 is 2.18 bits per heavy atom. The average Bonchev–Trinajstić information content (AvgIpc) is 2.56. The van der Waals surface area contributed by atoms with Crippen molar-refractivity contribution in [2.75, 3.05) is 28.4 Å². The molecular formula is C15H21NO6. The van der Waals surface area contributed by atoms with Gasteiger partial charge in [-0.05, 0) is 12.1 Å². The van der Waals surface area contributed by atoms with Crippen LogP contribution in [0.25, 0.3) is 0 Å². The zero-order chi connectivity index (χ0) is 16.5. The third kappa shape index (κ3) is 4.54. The Kier molecular flexibility index (Phi) is 7.01. The summed E-state index contributed by atoms with van der Waals surface area (Å²) >= 11 is 0. The summed E-state index contributed by atoms with van der Waals surface area (Å²) in [5, 5.41) is 2.72. The van der Waals surface area contributed by atoms with E-state index in [1.54, 1.807) is 12.1 Å². The first-order chi connectivity index (χ1) is 10.6. The van der Waals surface area contributed by atoms with Gasteiger partial charge in [-0.25, -0.2) is 0 Å². The maximum atomic E-state index is 11.7. The number of amides is 1. The molecule has 0 aliphatic carbocycles. The lowest BCUT2D eigenvalue weighted by atomic mass is 10.1. The largest absolute Gasteiger partial charge is 0.493 e. The maximum absolute atomic E-state index is 11.7. The van der Waals surface area contributed by atoms with Gasteiger partial charge >= 0.3 is 5.97 Å². The van der Waals surface area contributed by atoms with Crippen molar-refractivity contribution in [2.45, 2.75) is 19.4 Å². The molecule has 22 heavy (non-hydrogen) atoms. The molecule has 1 aromatic rings. The topological polar surface area (TPSA) is 83.1 Å². The molecule has 0 saturated heterocycles. The van der Waals surface area contributed by atoms with Crippen LogP contribution in [0.4, 0.5) is 0 Å². The van der Waals surface area contributed by atoms with Crippen LogP contribution >= 0.6 is 0 Å². The lowest BCUT2D eigenvalue weighted by molar-refractivity contribution is -0.142. The van der Waals surface area contributed by atoms with Crippen molar-refractivity contribution in [3.63, 3.8) is 0 Å². The molecule has 0 saturated carbocycles. The highest BCUT2D eigenvalue weighted by Crippen LogP contribution is 2.39. The average molecular weight is 311 g/mol. The van der Waals surface area contributed by atoms with Crippen molar-refractivity contribution in [1.29, 1.82) is 0 Å². The molecule has 0 radical (unpaired) electrons. The number of methoxy groups -OCH3 is 4. The van der Waals surface area contributed by atoms with Crippen LogP contribution in [0.5, 0.6) is 17.2 Å². The molecule has 0 unspecified atom stereocenters. The number of ether oxygens (including phenoxy) is 4. The Morgan fingerprint density at radius 1 is 0.955 bits per heavy atom. The Hall–Kier alpha value is -2.44. The molecule has 0 spiro atoms. The molecule has 0 heterocycles. The quantitative estimate of drug-likeness (QED) is 0.728. The van der Waals surface area contributed by atoms with E-state index in [0.717, 1.165) is 5.56 Å². The first-order valence-corrected chi connectivity index (χ1v) is 6.68. The molecule has 122 valence electrons. The number of carbonyl (C=O) groups is 2. The Morgan fingerprint density at radius 2 is 1.64 bits per heavy atom. The summed E-state index contributed by atoms with van der Waals surface area (Å²) in [4.78, 5) is 22.7. The molecule has 7 heteroatoms. The molecule has 0 aliphatic heterocycles. The van der Waals surface area contributed by atoms with E-state index in [2.05, 4.69) is 10.1 Å². The van der Waals surface area contributed by atoms with E-state index in [1.165, 1.54) is 28.4 Å². The second kappa shape index (κ2) is 8.76. The minimum atomic E-state index is -0.418. The summed E-state index contributed by atoms with van der Waals surface area (Å²) in [6, 6.07) is 3.51. The van der Waals surface area contributed by atoms with Gasteiger partial charge in [-0.1, -0.05) is 0 Å². The molecule has 0 aromatic heterocycles. The van der Waals surface area contributed by atoms with Crippen LogP contribution < -0.4 is 19.5 Å². The second-order valence-electron chi connectivity index (χ2n) is 4.35. The number of hydrogen-bond acceptors (Lipinski definition) is 6. The highest BCUT2D eigenvalue weighted by atomic mass is 16.5. The molecule has 1 rings (SSSR count). The molecule has 0 atom stereocenters. The fourth-order valence-corrected chi connectivity index (χ4v) is 1.90. The number of esters is 1. The predicted molar refractivity (Wildman–Crippen MR) is 79.2 cm³/mol. The van der Waals surface area contributed by atoms with Gasteiger partial charge in [-0.3, -0.25) is 9.59 Å². The molecular weight excluding hydrogens is 290 g/mol. The minimum absolute atomic E-state index is 0.0470. The van der Waals surface area contributed by atoms with Gasteiger partial charge in [0.25, 0.3) is 0 Å². The summed E-state index contributed by atoms with van der Waals surface area (Å²) in [6.07, 6.45) is 0.119. The summed E-state index contributed by atoms with van der Waals surface area (Å²) < 4.78 is 20.3. The monoisotopic (exact) mass is 311 g/mol. The van der Waals surface area contributed by atoms with Crippen LogP contribution in [0.1, 0.15) is 18.4 Å². The normalized spacial score (nSPS) is 9.82. The van der Waals surface area contributed by atoms with Crippen molar-refractivity contribution < 1.29 is 28.5 Å². The molecule has 7 nitrogen and oxygen atoms in total. The molecule has 1 amide bonds. The van der Waals surface area contributed by atoms with Gasteiger partial charge in [0.2, 0.25) is 11.7 Å². The Bertz CT molecular complexity index is 529. The zero-order valence-corrected chi connectivity index (χ0v) is 13.2. The van der Waals surface area contributed by atoms with Crippen LogP contribution in [0, 0.1) is 0 Å². The molecule has 0 aliphatic rings. The van der Waals surface area contributed by atoms with Crippen molar-refractivity contribution >= 4 is 11.9 Å². The number of benzene rings is 1. The fourth-order valence-electron chi connectivity index (χ4n) is 1.90. The van der Waals surface area contributed by atoms with Crippen LogP contribution in [0.3, 0.4) is 0 Å². The Balaban J connectivity index is 2.73. The fraction of sp³-hybridized carbons (Fsp3) is 0.467. The summed E-state index contributed by atoms with van der Waals surface area (Å²) in [7, 11) is 5.85. The lowest BCUT2D eigenvalue weighted by Gasteiger charge is -2.16. The smallest absolute Gasteiger partial charge is 0.306 e. The molecule has 1 N–H and O–H groups in total. The van der Waals surface area contributed by atoms with Crippen LogP contribution in [0.15, 0.2) is 12.1 Å². The summed E-state index contributed by atoms with van der Waals surface area (Å²) in [5.41, 5.74) is 0.742. The van der Waals surface area contributed by atoms with Crippen molar-refractivity contribution in [3.8, 4) is 17.2 Å². The highest BCUT2D eigenvalue weighted by molar-refractivity contribution is 5.81. The predicted octanol–water partition coefficient (Wildman–Crippen LogP) is 1.28. The third-order valence-corrected chi connectivity index (χ3v) is 3.05. The minimum Gasteiger partial charge on any atom is -0.493 e. The molecule has 0 fully saturated rings. The standard InChI is InChI=1S/C15H21NO6/c1-19-11-6-5-10(14(21-3)15(11)22-4)9-16-12(17)7-8-13(18)20-2/h5-6H,7-9H2,1-4H3,(H,16,17). The van der Waals surface area contributed by atoms with Crippen LogP contribution in [-0.4, -0.2) is 40.3 Å². The second-order valence-corrected chi connectivity index (χ2v) is 4.35. The molecule has 0 bridgehead atoms. The van der Waals surface area contributed by atoms with Gasteiger partial charge < -0.3 is 24.3 Å². The van der Waals surface area contributed by atoms with Gasteiger partial charge in [0.05, 0.1) is 34.9 Å². The van der Waals surface area contributed by atoms with Gasteiger partial charge in [0, 0.05) is 18.5 Å². The number of hydrogen-bond donors (Lipinski definition) is 1. The van der Waals surface area contributed by atoms with Gasteiger partial charge in [-0.2, -0.15) is 0 Å². The Labute approximate surface area is 129 Å². The highest BCUT2D eigenvalue weighted by Gasteiger charge is 2.16. The SMILES string of the molecule is COC(=O)CCC(=O)NCc1ccc(OC)c(OC)c1OC. The number of rotatable bonds is 8. The van der Waals surface area contributed by atoms with E-state index in [-0.39, 0.29) is 25.3 Å². The van der Waals surface area contributed by atoms with E-state index in [1.807, 2.05) is 0 Å². The molecule has 1 aromatic carbocycles. The van der Waals surface area contributed by atoms with Gasteiger partial charge in [0.15, 0.2) is 11.5 Å².